The van der Waals surface area contributed by atoms with Gasteiger partial charge in [0.05, 0.1) is 26.2 Å². The van der Waals surface area contributed by atoms with Crippen LogP contribution in [-0.2, 0) is 9.59 Å². The third-order valence-electron chi connectivity index (χ3n) is 4.53. The van der Waals surface area contributed by atoms with E-state index in [1.54, 1.807) is 7.11 Å². The predicted molar refractivity (Wildman–Crippen MR) is 86.1 cm³/mol. The molecule has 1 N–H and O–H groups in total. The SMILES string of the molecule is COc1cccc(C2CCCN2C(=O)CN2CCNC(=O)C2)c1. The van der Waals surface area contributed by atoms with Gasteiger partial charge in [-0.3, -0.25) is 14.5 Å². The van der Waals surface area contributed by atoms with Gasteiger partial charge in [0.1, 0.15) is 5.75 Å². The van der Waals surface area contributed by atoms with Crippen LogP contribution in [0.1, 0.15) is 24.4 Å². The Morgan fingerprint density at radius 3 is 3.04 bits per heavy atom. The van der Waals surface area contributed by atoms with E-state index < -0.39 is 0 Å². The monoisotopic (exact) mass is 317 g/mol. The van der Waals surface area contributed by atoms with Gasteiger partial charge in [0.25, 0.3) is 0 Å². The predicted octanol–water partition coefficient (Wildman–Crippen LogP) is 0.791. The Hall–Kier alpha value is -2.08. The van der Waals surface area contributed by atoms with E-state index in [4.69, 9.17) is 4.74 Å². The summed E-state index contributed by atoms with van der Waals surface area (Å²) in [7, 11) is 1.65. The first kappa shape index (κ1) is 15.8. The largest absolute Gasteiger partial charge is 0.497 e. The summed E-state index contributed by atoms with van der Waals surface area (Å²) in [5.41, 5.74) is 1.12. The van der Waals surface area contributed by atoms with Crippen LogP contribution in [0.3, 0.4) is 0 Å². The van der Waals surface area contributed by atoms with Crippen LogP contribution in [0.5, 0.6) is 5.75 Å². The smallest absolute Gasteiger partial charge is 0.237 e. The number of hydrogen-bond donors (Lipinski definition) is 1. The highest BCUT2D eigenvalue weighted by Crippen LogP contribution is 2.33. The van der Waals surface area contributed by atoms with Crippen molar-refractivity contribution in [2.45, 2.75) is 18.9 Å². The standard InChI is InChI=1S/C17H23N3O3/c1-23-14-5-2-4-13(10-14)15-6-3-8-20(15)17(22)12-19-9-7-18-16(21)11-19/h2,4-5,10,15H,3,6-9,11-12H2,1H3,(H,18,21). The molecule has 2 aliphatic heterocycles. The molecule has 1 unspecified atom stereocenters. The van der Waals surface area contributed by atoms with Gasteiger partial charge in [0, 0.05) is 19.6 Å². The summed E-state index contributed by atoms with van der Waals surface area (Å²) in [4.78, 5) is 28.0. The van der Waals surface area contributed by atoms with Crippen LogP contribution < -0.4 is 10.1 Å². The number of benzene rings is 1. The minimum Gasteiger partial charge on any atom is -0.497 e. The lowest BCUT2D eigenvalue weighted by molar-refractivity contribution is -0.134. The third kappa shape index (κ3) is 3.64. The molecule has 1 aromatic rings. The highest BCUT2D eigenvalue weighted by molar-refractivity contribution is 5.82. The van der Waals surface area contributed by atoms with Gasteiger partial charge in [-0.25, -0.2) is 0 Å². The van der Waals surface area contributed by atoms with E-state index in [9.17, 15) is 9.59 Å². The molecule has 6 heteroatoms. The minimum atomic E-state index is -0.00480. The molecular formula is C17H23N3O3. The number of amides is 2. The first-order valence-electron chi connectivity index (χ1n) is 8.10. The van der Waals surface area contributed by atoms with Crippen LogP contribution in [-0.4, -0.2) is 61.4 Å². The van der Waals surface area contributed by atoms with Gasteiger partial charge in [0.15, 0.2) is 0 Å². The molecule has 2 heterocycles. The Morgan fingerprint density at radius 2 is 2.26 bits per heavy atom. The molecule has 2 amide bonds. The molecular weight excluding hydrogens is 294 g/mol. The Balaban J connectivity index is 1.68. The maximum atomic E-state index is 12.7. The van der Waals surface area contributed by atoms with Crippen molar-refractivity contribution in [2.75, 3.05) is 39.8 Å². The maximum Gasteiger partial charge on any atom is 0.237 e. The molecule has 0 aliphatic carbocycles. The van der Waals surface area contributed by atoms with E-state index >= 15 is 0 Å². The fraction of sp³-hybridized carbons (Fsp3) is 0.529. The van der Waals surface area contributed by atoms with Crippen LogP contribution in [0.25, 0.3) is 0 Å². The van der Waals surface area contributed by atoms with Gasteiger partial charge in [-0.15, -0.1) is 0 Å². The van der Waals surface area contributed by atoms with E-state index in [1.165, 1.54) is 0 Å². The number of likely N-dealkylation sites (tertiary alicyclic amines) is 1. The normalized spacial score (nSPS) is 22.0. The van der Waals surface area contributed by atoms with Gasteiger partial charge in [-0.05, 0) is 30.5 Å². The Bertz CT molecular complexity index is 590. The average Bonchev–Trinajstić information content (AvgIpc) is 3.05. The van der Waals surface area contributed by atoms with Crippen LogP contribution in [0.15, 0.2) is 24.3 Å². The molecule has 2 saturated heterocycles. The van der Waals surface area contributed by atoms with E-state index in [1.807, 2.05) is 34.1 Å². The number of carbonyl (C=O) groups is 2. The zero-order chi connectivity index (χ0) is 16.2. The topological polar surface area (TPSA) is 61.9 Å². The second kappa shape index (κ2) is 7.00. The highest BCUT2D eigenvalue weighted by Gasteiger charge is 2.31. The quantitative estimate of drug-likeness (QED) is 0.892. The molecule has 2 aliphatic rings. The number of hydrogen-bond acceptors (Lipinski definition) is 4. The molecule has 23 heavy (non-hydrogen) atoms. The summed E-state index contributed by atoms with van der Waals surface area (Å²) in [6, 6.07) is 8.04. The van der Waals surface area contributed by atoms with E-state index in [-0.39, 0.29) is 17.9 Å². The lowest BCUT2D eigenvalue weighted by Gasteiger charge is -2.30. The van der Waals surface area contributed by atoms with Crippen molar-refractivity contribution in [3.05, 3.63) is 29.8 Å². The summed E-state index contributed by atoms with van der Waals surface area (Å²) in [5.74, 6) is 0.911. The summed E-state index contributed by atoms with van der Waals surface area (Å²) >= 11 is 0. The molecule has 0 spiro atoms. The summed E-state index contributed by atoms with van der Waals surface area (Å²) in [6.07, 6.45) is 1.98. The number of nitrogens with one attached hydrogen (secondary N) is 1. The van der Waals surface area contributed by atoms with Gasteiger partial charge in [-0.2, -0.15) is 0 Å². The van der Waals surface area contributed by atoms with Crippen molar-refractivity contribution in [1.29, 1.82) is 0 Å². The van der Waals surface area contributed by atoms with Crippen LogP contribution in [0.4, 0.5) is 0 Å². The number of carbonyl (C=O) groups excluding carboxylic acids is 2. The second-order valence-electron chi connectivity index (χ2n) is 6.08. The molecule has 0 aromatic heterocycles. The number of piperazine rings is 1. The van der Waals surface area contributed by atoms with Crippen molar-refractivity contribution < 1.29 is 14.3 Å². The number of nitrogens with zero attached hydrogens (tertiary/aromatic N) is 2. The molecule has 2 fully saturated rings. The lowest BCUT2D eigenvalue weighted by atomic mass is 10.0. The Kier molecular flexibility index (Phi) is 4.81. The average molecular weight is 317 g/mol. The van der Waals surface area contributed by atoms with Crippen molar-refractivity contribution in [3.8, 4) is 5.75 Å². The van der Waals surface area contributed by atoms with Gasteiger partial charge in [-0.1, -0.05) is 12.1 Å². The lowest BCUT2D eigenvalue weighted by Crippen LogP contribution is -2.51. The number of rotatable bonds is 4. The van der Waals surface area contributed by atoms with Crippen molar-refractivity contribution in [2.24, 2.45) is 0 Å². The molecule has 6 nitrogen and oxygen atoms in total. The van der Waals surface area contributed by atoms with Crippen molar-refractivity contribution >= 4 is 11.8 Å². The minimum absolute atomic E-state index is 0.00480. The summed E-state index contributed by atoms with van der Waals surface area (Å²) in [6.45, 7) is 2.75. The molecule has 0 bridgehead atoms. The zero-order valence-corrected chi connectivity index (χ0v) is 13.5. The first-order chi connectivity index (χ1) is 11.2. The molecule has 1 atom stereocenters. The molecule has 124 valence electrons. The molecule has 0 saturated carbocycles. The molecule has 3 rings (SSSR count). The van der Waals surface area contributed by atoms with E-state index in [0.717, 1.165) is 37.2 Å². The third-order valence-corrected chi connectivity index (χ3v) is 4.53. The Morgan fingerprint density at radius 1 is 1.39 bits per heavy atom. The summed E-state index contributed by atoms with van der Waals surface area (Å²) in [5, 5.41) is 2.78. The second-order valence-corrected chi connectivity index (χ2v) is 6.08. The fourth-order valence-corrected chi connectivity index (χ4v) is 3.37. The van der Waals surface area contributed by atoms with Crippen LogP contribution in [0, 0.1) is 0 Å². The van der Waals surface area contributed by atoms with Gasteiger partial charge in [0.2, 0.25) is 11.8 Å². The highest BCUT2D eigenvalue weighted by atomic mass is 16.5. The van der Waals surface area contributed by atoms with Crippen molar-refractivity contribution in [3.63, 3.8) is 0 Å². The van der Waals surface area contributed by atoms with Gasteiger partial charge < -0.3 is 15.0 Å². The van der Waals surface area contributed by atoms with Crippen LogP contribution in [0.2, 0.25) is 0 Å². The zero-order valence-electron chi connectivity index (χ0n) is 13.5. The maximum absolute atomic E-state index is 12.7. The summed E-state index contributed by atoms with van der Waals surface area (Å²) < 4.78 is 5.29. The first-order valence-corrected chi connectivity index (χ1v) is 8.10. The molecule has 0 radical (unpaired) electrons. The van der Waals surface area contributed by atoms with Gasteiger partial charge >= 0.3 is 0 Å². The van der Waals surface area contributed by atoms with E-state index in [2.05, 4.69) is 5.32 Å². The van der Waals surface area contributed by atoms with E-state index in [0.29, 0.717) is 19.6 Å². The van der Waals surface area contributed by atoms with Crippen molar-refractivity contribution in [1.82, 2.24) is 15.1 Å². The number of methoxy groups -OCH3 is 1. The number of ether oxygens (including phenoxy) is 1. The fourth-order valence-electron chi connectivity index (χ4n) is 3.37. The molecule has 1 aromatic carbocycles. The van der Waals surface area contributed by atoms with Crippen LogP contribution >= 0.6 is 0 Å². The Labute approximate surface area is 136 Å².